The summed E-state index contributed by atoms with van der Waals surface area (Å²) in [4.78, 5) is 22.8. The predicted octanol–water partition coefficient (Wildman–Crippen LogP) is 2.12. The Labute approximate surface area is 141 Å². The van der Waals surface area contributed by atoms with Crippen LogP contribution in [-0.2, 0) is 11.3 Å². The van der Waals surface area contributed by atoms with Gasteiger partial charge in [0.1, 0.15) is 0 Å². The van der Waals surface area contributed by atoms with Gasteiger partial charge in [-0.3, -0.25) is 9.78 Å². The van der Waals surface area contributed by atoms with Crippen LogP contribution in [-0.4, -0.2) is 34.1 Å². The number of nitrogens with zero attached hydrogens (tertiary/aromatic N) is 4. The van der Waals surface area contributed by atoms with Gasteiger partial charge in [-0.1, -0.05) is 25.1 Å². The van der Waals surface area contributed by atoms with Crippen molar-refractivity contribution in [2.75, 3.05) is 18.0 Å². The molecule has 1 aliphatic heterocycles. The fourth-order valence-corrected chi connectivity index (χ4v) is 2.76. The van der Waals surface area contributed by atoms with E-state index in [4.69, 9.17) is 4.52 Å². The highest BCUT2D eigenvalue weighted by Gasteiger charge is 2.27. The Hall–Kier alpha value is -2.44. The number of carbonyl (C=O) groups is 1. The van der Waals surface area contributed by atoms with E-state index in [0.717, 1.165) is 37.3 Å². The van der Waals surface area contributed by atoms with Crippen LogP contribution in [0.4, 0.5) is 6.01 Å². The molecule has 3 heterocycles. The molecule has 7 nitrogen and oxygen atoms in total. The zero-order chi connectivity index (χ0) is 16.9. The Morgan fingerprint density at radius 3 is 2.83 bits per heavy atom. The highest BCUT2D eigenvalue weighted by molar-refractivity contribution is 5.78. The van der Waals surface area contributed by atoms with Crippen molar-refractivity contribution in [1.29, 1.82) is 0 Å². The quantitative estimate of drug-likeness (QED) is 0.904. The van der Waals surface area contributed by atoms with Gasteiger partial charge >= 0.3 is 6.01 Å². The molecule has 0 bridgehead atoms. The minimum Gasteiger partial charge on any atom is -0.352 e. The predicted molar refractivity (Wildman–Crippen MR) is 89.4 cm³/mol. The van der Waals surface area contributed by atoms with Crippen molar-refractivity contribution in [3.05, 3.63) is 35.9 Å². The van der Waals surface area contributed by atoms with Gasteiger partial charge in [-0.2, -0.15) is 4.98 Å². The average molecular weight is 329 g/mol. The summed E-state index contributed by atoms with van der Waals surface area (Å²) in [5, 5.41) is 6.99. The molecule has 2 aromatic heterocycles. The van der Waals surface area contributed by atoms with Gasteiger partial charge in [0.15, 0.2) is 5.82 Å². The molecule has 0 aliphatic carbocycles. The second-order valence-electron chi connectivity index (χ2n) is 6.43. The number of hydrogen-bond donors (Lipinski definition) is 1. The van der Waals surface area contributed by atoms with Gasteiger partial charge in [0.25, 0.3) is 0 Å². The molecule has 0 unspecified atom stereocenters. The zero-order valence-electron chi connectivity index (χ0n) is 14.1. The maximum atomic E-state index is 12.3. The van der Waals surface area contributed by atoms with Crippen LogP contribution in [0.2, 0.25) is 0 Å². The first-order valence-corrected chi connectivity index (χ1v) is 8.38. The number of piperidine rings is 1. The van der Waals surface area contributed by atoms with Crippen molar-refractivity contribution in [2.45, 2.75) is 39.2 Å². The van der Waals surface area contributed by atoms with Crippen molar-refractivity contribution in [1.82, 2.24) is 20.4 Å². The fourth-order valence-electron chi connectivity index (χ4n) is 2.76. The summed E-state index contributed by atoms with van der Waals surface area (Å²) in [7, 11) is 0. The molecule has 24 heavy (non-hydrogen) atoms. The molecular formula is C17H23N5O2. The molecule has 0 radical (unpaired) electrons. The minimum atomic E-state index is 0.0328. The number of carbonyl (C=O) groups excluding carboxylic acids is 1. The second kappa shape index (κ2) is 7.42. The summed E-state index contributed by atoms with van der Waals surface area (Å²) in [5.41, 5.74) is 1.01. The highest BCUT2D eigenvalue weighted by atomic mass is 16.5. The number of rotatable bonds is 5. The first kappa shape index (κ1) is 16.4. The van der Waals surface area contributed by atoms with E-state index < -0.39 is 0 Å². The number of nitrogens with one attached hydrogen (secondary N) is 1. The van der Waals surface area contributed by atoms with Gasteiger partial charge in [0.2, 0.25) is 5.91 Å². The monoisotopic (exact) mass is 329 g/mol. The Kier molecular flexibility index (Phi) is 5.08. The van der Waals surface area contributed by atoms with Crippen LogP contribution in [0.3, 0.4) is 0 Å². The number of amides is 1. The third kappa shape index (κ3) is 3.90. The topological polar surface area (TPSA) is 84.2 Å². The highest BCUT2D eigenvalue weighted by Crippen LogP contribution is 2.23. The number of pyridine rings is 1. The Bertz CT molecular complexity index is 663. The van der Waals surface area contributed by atoms with Crippen molar-refractivity contribution in [2.24, 2.45) is 5.92 Å². The molecule has 1 aliphatic rings. The lowest BCUT2D eigenvalue weighted by Gasteiger charge is -2.29. The molecule has 1 amide bonds. The van der Waals surface area contributed by atoms with Crippen molar-refractivity contribution in [3.8, 4) is 0 Å². The molecular weight excluding hydrogens is 306 g/mol. The molecule has 2 aromatic rings. The summed E-state index contributed by atoms with van der Waals surface area (Å²) < 4.78 is 5.32. The Balaban J connectivity index is 1.48. The van der Waals surface area contributed by atoms with Crippen LogP contribution >= 0.6 is 0 Å². The SMILES string of the molecule is CC(C)c1noc(N2CCC(C(=O)NCc3cccnc3)CC2)n1. The van der Waals surface area contributed by atoms with Crippen molar-refractivity contribution in [3.63, 3.8) is 0 Å². The van der Waals surface area contributed by atoms with E-state index in [0.29, 0.717) is 12.6 Å². The van der Waals surface area contributed by atoms with E-state index in [2.05, 4.69) is 25.3 Å². The number of hydrogen-bond acceptors (Lipinski definition) is 6. The molecule has 1 N–H and O–H groups in total. The molecule has 1 fully saturated rings. The van der Waals surface area contributed by atoms with Gasteiger partial charge in [-0.25, -0.2) is 0 Å². The third-order valence-electron chi connectivity index (χ3n) is 4.27. The average Bonchev–Trinajstić information content (AvgIpc) is 3.11. The fraction of sp³-hybridized carbons (Fsp3) is 0.529. The summed E-state index contributed by atoms with van der Waals surface area (Å²) in [5.74, 6) is 1.11. The van der Waals surface area contributed by atoms with Crippen molar-refractivity contribution >= 4 is 11.9 Å². The van der Waals surface area contributed by atoms with E-state index in [-0.39, 0.29) is 17.7 Å². The lowest BCUT2D eigenvalue weighted by molar-refractivity contribution is -0.125. The van der Waals surface area contributed by atoms with Crippen LogP contribution in [0.15, 0.2) is 29.0 Å². The molecule has 0 aromatic carbocycles. The van der Waals surface area contributed by atoms with Gasteiger partial charge in [-0.15, -0.1) is 0 Å². The van der Waals surface area contributed by atoms with Gasteiger partial charge in [0, 0.05) is 43.9 Å². The van der Waals surface area contributed by atoms with Crippen LogP contribution in [0.5, 0.6) is 0 Å². The zero-order valence-corrected chi connectivity index (χ0v) is 14.1. The van der Waals surface area contributed by atoms with Gasteiger partial charge in [-0.05, 0) is 24.5 Å². The standard InChI is InChI=1S/C17H23N5O2/c1-12(2)15-20-17(24-21-15)22-8-5-14(6-9-22)16(23)19-11-13-4-3-7-18-10-13/h3-4,7,10,12,14H,5-6,8-9,11H2,1-2H3,(H,19,23). The van der Waals surface area contributed by atoms with Crippen LogP contribution in [0.25, 0.3) is 0 Å². The second-order valence-corrected chi connectivity index (χ2v) is 6.43. The molecule has 0 atom stereocenters. The Morgan fingerprint density at radius 2 is 2.21 bits per heavy atom. The van der Waals surface area contributed by atoms with Gasteiger partial charge in [0.05, 0.1) is 0 Å². The smallest absolute Gasteiger partial charge is 0.324 e. The maximum absolute atomic E-state index is 12.3. The summed E-state index contributed by atoms with van der Waals surface area (Å²) in [6.07, 6.45) is 5.07. The van der Waals surface area contributed by atoms with Crippen LogP contribution in [0.1, 0.15) is 44.0 Å². The summed E-state index contributed by atoms with van der Waals surface area (Å²) in [6.45, 7) is 6.10. The maximum Gasteiger partial charge on any atom is 0.324 e. The first-order valence-electron chi connectivity index (χ1n) is 8.38. The number of anilines is 1. The molecule has 7 heteroatoms. The molecule has 0 saturated carbocycles. The molecule has 128 valence electrons. The van der Waals surface area contributed by atoms with E-state index in [1.54, 1.807) is 12.4 Å². The molecule has 1 saturated heterocycles. The van der Waals surface area contributed by atoms with Gasteiger partial charge < -0.3 is 14.7 Å². The van der Waals surface area contributed by atoms with Crippen molar-refractivity contribution < 1.29 is 9.32 Å². The van der Waals surface area contributed by atoms with E-state index in [1.165, 1.54) is 0 Å². The normalized spacial score (nSPS) is 15.7. The third-order valence-corrected chi connectivity index (χ3v) is 4.27. The lowest BCUT2D eigenvalue weighted by Crippen LogP contribution is -2.40. The molecule has 0 spiro atoms. The Morgan fingerprint density at radius 1 is 1.42 bits per heavy atom. The number of aromatic nitrogens is 3. The minimum absolute atomic E-state index is 0.0328. The summed E-state index contributed by atoms with van der Waals surface area (Å²) >= 11 is 0. The van der Waals surface area contributed by atoms with Crippen LogP contribution < -0.4 is 10.2 Å². The first-order chi connectivity index (χ1) is 11.6. The van der Waals surface area contributed by atoms with E-state index in [9.17, 15) is 4.79 Å². The largest absolute Gasteiger partial charge is 0.352 e. The van der Waals surface area contributed by atoms with E-state index in [1.807, 2.05) is 26.0 Å². The summed E-state index contributed by atoms with van der Waals surface area (Å²) in [6, 6.07) is 4.39. The lowest BCUT2D eigenvalue weighted by atomic mass is 9.96. The van der Waals surface area contributed by atoms with Crippen LogP contribution in [0, 0.1) is 5.92 Å². The van der Waals surface area contributed by atoms with E-state index >= 15 is 0 Å². The molecule has 3 rings (SSSR count).